The first-order valence-electron chi connectivity index (χ1n) is 7.20. The summed E-state index contributed by atoms with van der Waals surface area (Å²) in [6.07, 6.45) is 0. The lowest BCUT2D eigenvalue weighted by Crippen LogP contribution is -2.29. The van der Waals surface area contributed by atoms with Crippen LogP contribution in [0.1, 0.15) is 5.82 Å². The number of carbonyl (C=O) groups excluding carboxylic acids is 1. The van der Waals surface area contributed by atoms with Crippen molar-refractivity contribution in [2.45, 2.75) is 6.54 Å². The second-order valence-corrected chi connectivity index (χ2v) is 4.86. The van der Waals surface area contributed by atoms with Gasteiger partial charge in [-0.15, -0.1) is 5.10 Å². The molecule has 8 heteroatoms. The zero-order chi connectivity index (χ0) is 16.8. The van der Waals surface area contributed by atoms with Crippen molar-refractivity contribution >= 4 is 5.91 Å². The molecule has 2 aromatic carbocycles. The number of nitrogens with zero attached hydrogens (tertiary/aromatic N) is 4. The molecular weight excluding hydrogens is 313 g/mol. The van der Waals surface area contributed by atoms with Crippen LogP contribution < -0.4 is 10.1 Å². The van der Waals surface area contributed by atoms with E-state index in [-0.39, 0.29) is 24.9 Å². The molecule has 3 aromatic rings. The Morgan fingerprint density at radius 1 is 1.12 bits per heavy atom. The summed E-state index contributed by atoms with van der Waals surface area (Å²) in [5.74, 6) is 0.221. The molecule has 0 radical (unpaired) electrons. The van der Waals surface area contributed by atoms with Crippen LogP contribution in [0.5, 0.6) is 5.75 Å². The molecule has 7 nitrogen and oxygen atoms in total. The maximum atomic E-state index is 12.8. The normalized spacial score (nSPS) is 10.4. The molecule has 0 fully saturated rings. The SMILES string of the molecule is O=C(COc1ccc(F)cc1)NCc1nnnn1-c1ccccc1. The smallest absolute Gasteiger partial charge is 0.258 e. The Labute approximate surface area is 137 Å². The predicted octanol–water partition coefficient (Wildman–Crippen LogP) is 1.50. The van der Waals surface area contributed by atoms with Crippen LogP contribution in [0.3, 0.4) is 0 Å². The van der Waals surface area contributed by atoms with Gasteiger partial charge in [0.25, 0.3) is 5.91 Å². The molecule has 1 heterocycles. The molecule has 122 valence electrons. The zero-order valence-corrected chi connectivity index (χ0v) is 12.6. The van der Waals surface area contributed by atoms with Crippen LogP contribution in [0.2, 0.25) is 0 Å². The van der Waals surface area contributed by atoms with Crippen LogP contribution in [-0.2, 0) is 11.3 Å². The quantitative estimate of drug-likeness (QED) is 0.742. The molecule has 3 rings (SSSR count). The fourth-order valence-electron chi connectivity index (χ4n) is 1.99. The molecule has 0 unspecified atom stereocenters. The number of aromatic nitrogens is 4. The van der Waals surface area contributed by atoms with Gasteiger partial charge in [-0.25, -0.2) is 4.39 Å². The van der Waals surface area contributed by atoms with Crippen LogP contribution in [0.4, 0.5) is 4.39 Å². The highest BCUT2D eigenvalue weighted by Crippen LogP contribution is 2.10. The lowest BCUT2D eigenvalue weighted by Gasteiger charge is -2.08. The lowest BCUT2D eigenvalue weighted by molar-refractivity contribution is -0.123. The van der Waals surface area contributed by atoms with E-state index in [1.54, 1.807) is 4.68 Å². The molecule has 0 atom stereocenters. The van der Waals surface area contributed by atoms with Crippen molar-refractivity contribution < 1.29 is 13.9 Å². The van der Waals surface area contributed by atoms with E-state index in [4.69, 9.17) is 4.74 Å². The Morgan fingerprint density at radius 2 is 1.88 bits per heavy atom. The van der Waals surface area contributed by atoms with Gasteiger partial charge in [-0.1, -0.05) is 18.2 Å². The zero-order valence-electron chi connectivity index (χ0n) is 12.6. The van der Waals surface area contributed by atoms with Gasteiger partial charge in [0, 0.05) is 0 Å². The Balaban J connectivity index is 1.54. The maximum Gasteiger partial charge on any atom is 0.258 e. The Kier molecular flexibility index (Phi) is 4.76. The molecular formula is C16H14FN5O2. The summed E-state index contributed by atoms with van der Waals surface area (Å²) in [4.78, 5) is 11.8. The van der Waals surface area contributed by atoms with Gasteiger partial charge in [0.2, 0.25) is 0 Å². The van der Waals surface area contributed by atoms with Crippen molar-refractivity contribution in [2.75, 3.05) is 6.61 Å². The summed E-state index contributed by atoms with van der Waals surface area (Å²) in [5, 5.41) is 14.1. The number of nitrogens with one attached hydrogen (secondary N) is 1. The van der Waals surface area contributed by atoms with E-state index in [1.807, 2.05) is 30.3 Å². The number of ether oxygens (including phenoxy) is 1. The van der Waals surface area contributed by atoms with Gasteiger partial charge in [-0.05, 0) is 46.8 Å². The van der Waals surface area contributed by atoms with E-state index in [0.717, 1.165) is 5.69 Å². The highest BCUT2D eigenvalue weighted by atomic mass is 19.1. The highest BCUT2D eigenvalue weighted by Gasteiger charge is 2.10. The summed E-state index contributed by atoms with van der Waals surface area (Å²) in [7, 11) is 0. The number of tetrazole rings is 1. The third-order valence-corrected chi connectivity index (χ3v) is 3.16. The summed E-state index contributed by atoms with van der Waals surface area (Å²) in [6, 6.07) is 14.8. The van der Waals surface area contributed by atoms with Crippen LogP contribution in [0.25, 0.3) is 5.69 Å². The third kappa shape index (κ3) is 3.92. The van der Waals surface area contributed by atoms with E-state index < -0.39 is 0 Å². The van der Waals surface area contributed by atoms with E-state index in [2.05, 4.69) is 20.8 Å². The van der Waals surface area contributed by atoms with Gasteiger partial charge < -0.3 is 10.1 Å². The second-order valence-electron chi connectivity index (χ2n) is 4.86. The largest absolute Gasteiger partial charge is 0.484 e. The molecule has 0 aliphatic rings. The third-order valence-electron chi connectivity index (χ3n) is 3.16. The number of carbonyl (C=O) groups is 1. The van der Waals surface area contributed by atoms with E-state index >= 15 is 0 Å². The van der Waals surface area contributed by atoms with E-state index in [9.17, 15) is 9.18 Å². The van der Waals surface area contributed by atoms with Crippen molar-refractivity contribution in [1.29, 1.82) is 0 Å². The Morgan fingerprint density at radius 3 is 2.62 bits per heavy atom. The first-order chi connectivity index (χ1) is 11.7. The molecule has 0 saturated heterocycles. The molecule has 0 saturated carbocycles. The van der Waals surface area contributed by atoms with Gasteiger partial charge in [0.05, 0.1) is 12.2 Å². The van der Waals surface area contributed by atoms with Crippen molar-refractivity contribution in [3.8, 4) is 11.4 Å². The number of rotatable bonds is 6. The standard InChI is InChI=1S/C16H14FN5O2/c17-12-6-8-14(9-7-12)24-11-16(23)18-10-15-19-20-21-22(15)13-4-2-1-3-5-13/h1-9H,10-11H2,(H,18,23). The van der Waals surface area contributed by atoms with Gasteiger partial charge in [0.1, 0.15) is 11.6 Å². The van der Waals surface area contributed by atoms with Crippen LogP contribution in [-0.4, -0.2) is 32.7 Å². The molecule has 0 aliphatic carbocycles. The summed E-state index contributed by atoms with van der Waals surface area (Å²) < 4.78 is 19.6. The molecule has 1 N–H and O–H groups in total. The Hall–Kier alpha value is -3.29. The van der Waals surface area contributed by atoms with Crippen LogP contribution >= 0.6 is 0 Å². The highest BCUT2D eigenvalue weighted by molar-refractivity contribution is 5.77. The summed E-state index contributed by atoms with van der Waals surface area (Å²) in [5.41, 5.74) is 0.800. The molecule has 24 heavy (non-hydrogen) atoms. The number of halogens is 1. The molecule has 0 aliphatic heterocycles. The van der Waals surface area contributed by atoms with Gasteiger partial charge in [-0.3, -0.25) is 4.79 Å². The van der Waals surface area contributed by atoms with Crippen molar-refractivity contribution in [3.05, 3.63) is 66.2 Å². The van der Waals surface area contributed by atoms with Gasteiger partial charge >= 0.3 is 0 Å². The van der Waals surface area contributed by atoms with E-state index in [1.165, 1.54) is 24.3 Å². The van der Waals surface area contributed by atoms with Crippen molar-refractivity contribution in [3.63, 3.8) is 0 Å². The first-order valence-corrected chi connectivity index (χ1v) is 7.20. The Bertz CT molecular complexity index is 805. The van der Waals surface area contributed by atoms with Crippen molar-refractivity contribution in [2.24, 2.45) is 0 Å². The molecule has 1 amide bonds. The number of hydrogen-bond acceptors (Lipinski definition) is 5. The lowest BCUT2D eigenvalue weighted by atomic mass is 10.3. The fourth-order valence-corrected chi connectivity index (χ4v) is 1.99. The predicted molar refractivity (Wildman–Crippen MR) is 82.9 cm³/mol. The average Bonchev–Trinajstić information content (AvgIpc) is 3.09. The molecule has 1 aromatic heterocycles. The minimum absolute atomic E-state index is 0.160. The molecule has 0 spiro atoms. The van der Waals surface area contributed by atoms with Crippen LogP contribution in [0.15, 0.2) is 54.6 Å². The minimum atomic E-state index is -0.362. The van der Waals surface area contributed by atoms with Crippen LogP contribution in [0, 0.1) is 5.82 Å². The monoisotopic (exact) mass is 327 g/mol. The maximum absolute atomic E-state index is 12.8. The average molecular weight is 327 g/mol. The van der Waals surface area contributed by atoms with Crippen molar-refractivity contribution in [1.82, 2.24) is 25.5 Å². The number of amides is 1. The second kappa shape index (κ2) is 7.32. The van der Waals surface area contributed by atoms with E-state index in [0.29, 0.717) is 11.6 Å². The number of hydrogen-bond donors (Lipinski definition) is 1. The number of benzene rings is 2. The first kappa shape index (κ1) is 15.6. The minimum Gasteiger partial charge on any atom is -0.484 e. The summed E-state index contributed by atoms with van der Waals surface area (Å²) in [6.45, 7) is -0.0218. The summed E-state index contributed by atoms with van der Waals surface area (Å²) >= 11 is 0. The topological polar surface area (TPSA) is 81.9 Å². The fraction of sp³-hybridized carbons (Fsp3) is 0.125. The van der Waals surface area contributed by atoms with Gasteiger partial charge in [-0.2, -0.15) is 4.68 Å². The van der Waals surface area contributed by atoms with Gasteiger partial charge in [0.15, 0.2) is 12.4 Å². The molecule has 0 bridgehead atoms. The number of para-hydroxylation sites is 1.